The first-order valence-corrected chi connectivity index (χ1v) is 8.12. The number of ether oxygens (including phenoxy) is 2. The van der Waals surface area contributed by atoms with Gasteiger partial charge in [0, 0.05) is 17.5 Å². The molecule has 3 aromatic rings. The molecule has 0 spiro atoms. The van der Waals surface area contributed by atoms with Crippen molar-refractivity contribution in [3.05, 3.63) is 65.2 Å². The average Bonchev–Trinajstić information content (AvgIpc) is 2.61. The number of hydrogen-bond donors (Lipinski definition) is 0. The van der Waals surface area contributed by atoms with Gasteiger partial charge in [0.25, 0.3) is 0 Å². The Bertz CT molecular complexity index is 968. The molecule has 0 saturated carbocycles. The second-order valence-electron chi connectivity index (χ2n) is 6.22. The number of nitrogens with zero attached hydrogens (tertiary/aromatic N) is 2. The molecule has 0 unspecified atom stereocenters. The van der Waals surface area contributed by atoms with Gasteiger partial charge in [-0.2, -0.15) is 0 Å². The highest BCUT2D eigenvalue weighted by atomic mass is 16.6. The van der Waals surface area contributed by atoms with Gasteiger partial charge in [-0.3, -0.25) is 4.90 Å². The molecule has 1 aromatic heterocycles. The molecule has 1 aliphatic heterocycles. The molecule has 2 aromatic carbocycles. The minimum atomic E-state index is -0.380. The normalized spacial score (nSPS) is 13.5. The Kier molecular flexibility index (Phi) is 3.76. The third kappa shape index (κ3) is 3.01. The maximum atomic E-state index is 12.4. The predicted molar refractivity (Wildman–Crippen MR) is 94.7 cm³/mol. The van der Waals surface area contributed by atoms with Gasteiger partial charge in [-0.25, -0.2) is 9.78 Å². The van der Waals surface area contributed by atoms with Crippen LogP contribution in [0.5, 0.6) is 11.6 Å². The van der Waals surface area contributed by atoms with E-state index in [0.717, 1.165) is 33.3 Å². The third-order valence-corrected chi connectivity index (χ3v) is 4.32. The summed E-state index contributed by atoms with van der Waals surface area (Å²) < 4.78 is 10.7. The van der Waals surface area contributed by atoms with Gasteiger partial charge in [0.05, 0.1) is 19.2 Å². The van der Waals surface area contributed by atoms with Crippen molar-refractivity contribution in [2.75, 3.05) is 7.11 Å². The van der Waals surface area contributed by atoms with E-state index in [9.17, 15) is 4.79 Å². The number of fused-ring (bicyclic) bond motifs is 2. The molecular formula is C20H18N2O3. The minimum absolute atomic E-state index is 0.380. The van der Waals surface area contributed by atoms with E-state index in [2.05, 4.69) is 11.1 Å². The maximum Gasteiger partial charge on any atom is 0.417 e. The smallest absolute Gasteiger partial charge is 0.417 e. The SMILES string of the molecule is COc1cccc(CN2Cc3cc4ccc(C)cc4nc3OC2=O)c1. The summed E-state index contributed by atoms with van der Waals surface area (Å²) in [7, 11) is 1.63. The van der Waals surface area contributed by atoms with Crippen LogP contribution in [0.1, 0.15) is 16.7 Å². The zero-order chi connectivity index (χ0) is 17.4. The molecule has 0 atom stereocenters. The van der Waals surface area contributed by atoms with Crippen molar-refractivity contribution < 1.29 is 14.3 Å². The lowest BCUT2D eigenvalue weighted by Gasteiger charge is -2.27. The van der Waals surface area contributed by atoms with Gasteiger partial charge < -0.3 is 9.47 Å². The molecule has 5 heteroatoms. The number of methoxy groups -OCH3 is 1. The monoisotopic (exact) mass is 334 g/mol. The second-order valence-corrected chi connectivity index (χ2v) is 6.22. The molecule has 1 amide bonds. The van der Waals surface area contributed by atoms with Crippen molar-refractivity contribution in [2.24, 2.45) is 0 Å². The molecular weight excluding hydrogens is 316 g/mol. The van der Waals surface area contributed by atoms with Gasteiger partial charge in [0.1, 0.15) is 5.75 Å². The van der Waals surface area contributed by atoms with Crippen LogP contribution in [0.4, 0.5) is 4.79 Å². The lowest BCUT2D eigenvalue weighted by Crippen LogP contribution is -2.36. The van der Waals surface area contributed by atoms with E-state index in [1.807, 2.05) is 49.4 Å². The summed E-state index contributed by atoms with van der Waals surface area (Å²) in [6.07, 6.45) is -0.380. The summed E-state index contributed by atoms with van der Waals surface area (Å²) in [6.45, 7) is 2.95. The summed E-state index contributed by atoms with van der Waals surface area (Å²) >= 11 is 0. The highest BCUT2D eigenvalue weighted by Gasteiger charge is 2.26. The molecule has 0 fully saturated rings. The third-order valence-electron chi connectivity index (χ3n) is 4.32. The van der Waals surface area contributed by atoms with Gasteiger partial charge in [-0.1, -0.05) is 24.3 Å². The van der Waals surface area contributed by atoms with Crippen molar-refractivity contribution in [2.45, 2.75) is 20.0 Å². The number of aryl methyl sites for hydroxylation is 1. The highest BCUT2D eigenvalue weighted by Crippen LogP contribution is 2.29. The fraction of sp³-hybridized carbons (Fsp3) is 0.200. The van der Waals surface area contributed by atoms with Crippen LogP contribution in [0, 0.1) is 6.92 Å². The van der Waals surface area contributed by atoms with Crippen molar-refractivity contribution in [3.8, 4) is 11.6 Å². The molecule has 0 radical (unpaired) electrons. The number of carbonyl (C=O) groups is 1. The molecule has 1 aliphatic rings. The van der Waals surface area contributed by atoms with Crippen LogP contribution in [0.15, 0.2) is 48.5 Å². The first kappa shape index (κ1) is 15.4. The van der Waals surface area contributed by atoms with E-state index in [-0.39, 0.29) is 6.09 Å². The molecule has 0 bridgehead atoms. The summed E-state index contributed by atoms with van der Waals surface area (Å²) in [5.41, 5.74) is 3.87. The Morgan fingerprint density at radius 2 is 2.08 bits per heavy atom. The van der Waals surface area contributed by atoms with Crippen LogP contribution in [-0.2, 0) is 13.1 Å². The standard InChI is InChI=1S/C20H18N2O3/c1-13-6-7-15-10-16-12-22(11-14-4-3-5-17(9-14)24-2)20(23)25-19(16)21-18(15)8-13/h3-10H,11-12H2,1-2H3. The van der Waals surface area contributed by atoms with E-state index in [0.29, 0.717) is 19.0 Å². The lowest BCUT2D eigenvalue weighted by molar-refractivity contribution is 0.133. The van der Waals surface area contributed by atoms with Crippen LogP contribution in [0.3, 0.4) is 0 Å². The van der Waals surface area contributed by atoms with Crippen molar-refractivity contribution in [1.82, 2.24) is 9.88 Å². The van der Waals surface area contributed by atoms with Crippen LogP contribution < -0.4 is 9.47 Å². The van der Waals surface area contributed by atoms with E-state index < -0.39 is 0 Å². The Labute approximate surface area is 145 Å². The van der Waals surface area contributed by atoms with Crippen LogP contribution >= 0.6 is 0 Å². The van der Waals surface area contributed by atoms with Crippen molar-refractivity contribution in [1.29, 1.82) is 0 Å². The minimum Gasteiger partial charge on any atom is -0.497 e. The van der Waals surface area contributed by atoms with Crippen molar-refractivity contribution >= 4 is 17.0 Å². The Balaban J connectivity index is 1.63. The zero-order valence-electron chi connectivity index (χ0n) is 14.2. The van der Waals surface area contributed by atoms with E-state index in [1.165, 1.54) is 0 Å². The number of aromatic nitrogens is 1. The first-order valence-electron chi connectivity index (χ1n) is 8.12. The van der Waals surface area contributed by atoms with Crippen molar-refractivity contribution in [3.63, 3.8) is 0 Å². The molecule has 0 aliphatic carbocycles. The van der Waals surface area contributed by atoms with Crippen LogP contribution in [0.25, 0.3) is 10.9 Å². The topological polar surface area (TPSA) is 51.7 Å². The maximum absolute atomic E-state index is 12.4. The molecule has 2 heterocycles. The fourth-order valence-electron chi connectivity index (χ4n) is 3.03. The predicted octanol–water partition coefficient (Wildman–Crippen LogP) is 4.07. The molecule has 5 nitrogen and oxygen atoms in total. The highest BCUT2D eigenvalue weighted by molar-refractivity contribution is 5.82. The zero-order valence-corrected chi connectivity index (χ0v) is 14.2. The number of rotatable bonds is 3. The van der Waals surface area contributed by atoms with Gasteiger partial charge in [0.2, 0.25) is 5.88 Å². The first-order chi connectivity index (χ1) is 12.1. The number of hydrogen-bond acceptors (Lipinski definition) is 4. The number of benzene rings is 2. The van der Waals surface area contributed by atoms with Gasteiger partial charge in [-0.05, 0) is 42.3 Å². The number of carbonyl (C=O) groups excluding carboxylic acids is 1. The Hall–Kier alpha value is -3.08. The second kappa shape index (κ2) is 6.09. The largest absolute Gasteiger partial charge is 0.497 e. The van der Waals surface area contributed by atoms with Gasteiger partial charge in [-0.15, -0.1) is 0 Å². The van der Waals surface area contributed by atoms with Crippen LogP contribution in [0.2, 0.25) is 0 Å². The number of pyridine rings is 1. The van der Waals surface area contributed by atoms with Gasteiger partial charge >= 0.3 is 6.09 Å². The molecule has 0 saturated heterocycles. The molecule has 4 rings (SSSR count). The summed E-state index contributed by atoms with van der Waals surface area (Å²) in [6, 6.07) is 15.8. The number of amides is 1. The quantitative estimate of drug-likeness (QED) is 0.724. The lowest BCUT2D eigenvalue weighted by atomic mass is 10.1. The summed E-state index contributed by atoms with van der Waals surface area (Å²) in [5, 5.41) is 1.05. The fourth-order valence-corrected chi connectivity index (χ4v) is 3.03. The Morgan fingerprint density at radius 3 is 2.92 bits per heavy atom. The van der Waals surface area contributed by atoms with Crippen LogP contribution in [-0.4, -0.2) is 23.1 Å². The Morgan fingerprint density at radius 1 is 1.20 bits per heavy atom. The molecule has 25 heavy (non-hydrogen) atoms. The van der Waals surface area contributed by atoms with E-state index >= 15 is 0 Å². The van der Waals surface area contributed by atoms with E-state index in [4.69, 9.17) is 9.47 Å². The summed E-state index contributed by atoms with van der Waals surface area (Å²) in [4.78, 5) is 18.5. The van der Waals surface area contributed by atoms with E-state index in [1.54, 1.807) is 12.0 Å². The average molecular weight is 334 g/mol. The molecule has 126 valence electrons. The molecule has 0 N–H and O–H groups in total. The summed E-state index contributed by atoms with van der Waals surface area (Å²) in [5.74, 6) is 1.18. The van der Waals surface area contributed by atoms with Gasteiger partial charge in [0.15, 0.2) is 0 Å².